The Kier molecular flexibility index (Phi) is 10.5. The Morgan fingerprint density at radius 3 is 2.29 bits per heavy atom. The first-order chi connectivity index (χ1) is 2.81. The summed E-state index contributed by atoms with van der Waals surface area (Å²) in [6.07, 6.45) is 6.08. The van der Waals surface area contributed by atoms with Crippen LogP contribution in [0.3, 0.4) is 0 Å². The molecule has 0 unspecified atom stereocenters. The van der Waals surface area contributed by atoms with Crippen molar-refractivity contribution in [2.75, 3.05) is 7.11 Å². The van der Waals surface area contributed by atoms with Crippen molar-refractivity contribution in [3.05, 3.63) is 6.42 Å². The number of methoxy groups -OCH3 is 1. The Balaban J connectivity index is 0. The van der Waals surface area contributed by atoms with Gasteiger partial charge < -0.3 is 16.0 Å². The zero-order chi connectivity index (χ0) is 4.99. The van der Waals surface area contributed by atoms with E-state index in [-0.39, 0.29) is 58.2 Å². The summed E-state index contributed by atoms with van der Waals surface area (Å²) in [5, 5.41) is 0. The van der Waals surface area contributed by atoms with Gasteiger partial charge in [0.25, 0.3) is 0 Å². The van der Waals surface area contributed by atoms with Gasteiger partial charge in [0.1, 0.15) is 0 Å². The van der Waals surface area contributed by atoms with Crippen molar-refractivity contribution in [2.24, 2.45) is 0 Å². The molecule has 0 amide bonds. The van der Waals surface area contributed by atoms with E-state index in [1.807, 2.05) is 0 Å². The fourth-order valence-corrected chi connectivity index (χ4v) is 0.0510. The molecule has 0 bridgehead atoms. The van der Waals surface area contributed by atoms with Crippen LogP contribution >= 0.6 is 0 Å². The molecular weight excluding hydrogens is 166 g/mol. The van der Waals surface area contributed by atoms with E-state index in [0.29, 0.717) is 0 Å². The first-order valence-electron chi connectivity index (χ1n) is 1.32. The normalized spacial score (nSPS) is 5.14. The maximum absolute atomic E-state index is 9.66. The molecular formula is C4H3O2Rb. The van der Waals surface area contributed by atoms with Crippen LogP contribution in [0.25, 0.3) is 0 Å². The van der Waals surface area contributed by atoms with Crippen LogP contribution in [0.5, 0.6) is 0 Å². The fraction of sp³-hybridized carbons (Fsp3) is 0.250. The standard InChI is InChI=1S/C4H3O2.Rb/c1-3-4(5)6-2;/h2H3;/q-1;+1. The number of esters is 1. The molecule has 0 aromatic carbocycles. The minimum atomic E-state index is -0.741. The van der Waals surface area contributed by atoms with Crippen LogP contribution in [0.2, 0.25) is 0 Å². The third-order valence-corrected chi connectivity index (χ3v) is 0.287. The van der Waals surface area contributed by atoms with Crippen molar-refractivity contribution >= 4 is 5.97 Å². The van der Waals surface area contributed by atoms with Gasteiger partial charge in [-0.25, -0.2) is 5.92 Å². The summed E-state index contributed by atoms with van der Waals surface area (Å²) >= 11 is 0. The summed E-state index contributed by atoms with van der Waals surface area (Å²) in [5.74, 6) is 0.763. The van der Waals surface area contributed by atoms with E-state index in [9.17, 15) is 4.79 Å². The van der Waals surface area contributed by atoms with Gasteiger partial charge >= 0.3 is 58.2 Å². The Labute approximate surface area is 91.4 Å². The molecule has 2 nitrogen and oxygen atoms in total. The van der Waals surface area contributed by atoms with Crippen LogP contribution in [-0.2, 0) is 9.53 Å². The molecule has 0 aliphatic carbocycles. The quantitative estimate of drug-likeness (QED) is 0.216. The van der Waals surface area contributed by atoms with Gasteiger partial charge in [0, 0.05) is 0 Å². The van der Waals surface area contributed by atoms with Crippen molar-refractivity contribution in [3.8, 4) is 5.92 Å². The molecule has 0 N–H and O–H groups in total. The molecule has 0 fully saturated rings. The van der Waals surface area contributed by atoms with Crippen LogP contribution in [0, 0.1) is 12.3 Å². The topological polar surface area (TPSA) is 26.3 Å². The molecule has 0 heterocycles. The third-order valence-electron chi connectivity index (χ3n) is 0.287. The third kappa shape index (κ3) is 6.84. The molecule has 7 heavy (non-hydrogen) atoms. The van der Waals surface area contributed by atoms with Crippen molar-refractivity contribution in [3.63, 3.8) is 0 Å². The summed E-state index contributed by atoms with van der Waals surface area (Å²) in [6, 6.07) is 0. The summed E-state index contributed by atoms with van der Waals surface area (Å²) in [5.41, 5.74) is 0. The zero-order valence-electron chi connectivity index (χ0n) is 4.32. The largest absolute Gasteiger partial charge is 1.00 e. The summed E-state index contributed by atoms with van der Waals surface area (Å²) in [7, 11) is 1.20. The average molecular weight is 169 g/mol. The van der Waals surface area contributed by atoms with Crippen molar-refractivity contribution in [1.82, 2.24) is 0 Å². The molecule has 0 saturated heterocycles. The van der Waals surface area contributed by atoms with E-state index in [1.54, 1.807) is 0 Å². The number of carbonyl (C=O) groups is 1. The fourth-order valence-electron chi connectivity index (χ4n) is 0.0510. The van der Waals surface area contributed by atoms with Gasteiger partial charge in [-0.15, -0.1) is 0 Å². The SMILES string of the molecule is [C-]#CC(=O)OC.[Rb+]. The number of rotatable bonds is 0. The second-order valence-corrected chi connectivity index (χ2v) is 0.617. The van der Waals surface area contributed by atoms with E-state index in [1.165, 1.54) is 13.0 Å². The van der Waals surface area contributed by atoms with Gasteiger partial charge in [0.2, 0.25) is 5.97 Å². The van der Waals surface area contributed by atoms with Crippen molar-refractivity contribution < 1.29 is 67.7 Å². The van der Waals surface area contributed by atoms with Gasteiger partial charge in [-0.1, -0.05) is 0 Å². The number of hydrogen-bond acceptors (Lipinski definition) is 2. The van der Waals surface area contributed by atoms with Crippen molar-refractivity contribution in [1.29, 1.82) is 0 Å². The van der Waals surface area contributed by atoms with Crippen LogP contribution in [0.15, 0.2) is 0 Å². The zero-order valence-corrected chi connectivity index (χ0v) is 9.23. The summed E-state index contributed by atoms with van der Waals surface area (Å²) in [4.78, 5) is 9.66. The average Bonchev–Trinajstić information content (AvgIpc) is 1.65. The molecule has 0 spiro atoms. The van der Waals surface area contributed by atoms with E-state index in [4.69, 9.17) is 6.42 Å². The molecule has 0 atom stereocenters. The first kappa shape index (κ1) is 10.8. The maximum Gasteiger partial charge on any atom is 1.00 e. The number of carbonyl (C=O) groups excluding carboxylic acids is 1. The Morgan fingerprint density at radius 1 is 1.86 bits per heavy atom. The smallest absolute Gasteiger partial charge is 0.544 e. The summed E-state index contributed by atoms with van der Waals surface area (Å²) < 4.78 is 3.96. The second kappa shape index (κ2) is 6.84. The number of ether oxygens (including phenoxy) is 1. The Morgan fingerprint density at radius 2 is 2.29 bits per heavy atom. The van der Waals surface area contributed by atoms with Gasteiger partial charge in [0.05, 0.1) is 7.11 Å². The van der Waals surface area contributed by atoms with Crippen molar-refractivity contribution in [2.45, 2.75) is 0 Å². The van der Waals surface area contributed by atoms with E-state index < -0.39 is 5.97 Å². The van der Waals surface area contributed by atoms with E-state index in [0.717, 1.165) is 0 Å². The molecule has 0 saturated carbocycles. The monoisotopic (exact) mass is 168 g/mol. The molecule has 32 valence electrons. The van der Waals surface area contributed by atoms with Crippen LogP contribution in [0.1, 0.15) is 0 Å². The first-order valence-corrected chi connectivity index (χ1v) is 1.32. The van der Waals surface area contributed by atoms with Gasteiger partial charge in [-0.05, 0) is 0 Å². The Bertz CT molecular complexity index is 92.4. The second-order valence-electron chi connectivity index (χ2n) is 0.617. The Hall–Kier alpha value is 0.835. The molecule has 0 rings (SSSR count). The van der Waals surface area contributed by atoms with Crippen LogP contribution < -0.4 is 58.2 Å². The van der Waals surface area contributed by atoms with E-state index >= 15 is 0 Å². The molecule has 0 aliphatic rings. The van der Waals surface area contributed by atoms with Gasteiger partial charge in [0.15, 0.2) is 0 Å². The predicted molar refractivity (Wildman–Crippen MR) is 19.1 cm³/mol. The molecule has 0 aromatic heterocycles. The van der Waals surface area contributed by atoms with Crippen LogP contribution in [-0.4, -0.2) is 13.1 Å². The minimum absolute atomic E-state index is 0. The molecule has 0 aromatic rings. The number of hydrogen-bond donors (Lipinski definition) is 0. The van der Waals surface area contributed by atoms with Crippen LogP contribution in [0.4, 0.5) is 0 Å². The maximum atomic E-state index is 9.66. The van der Waals surface area contributed by atoms with E-state index in [2.05, 4.69) is 4.74 Å². The minimum Gasteiger partial charge on any atom is -0.544 e. The van der Waals surface area contributed by atoms with Gasteiger partial charge in [-0.3, -0.25) is 0 Å². The molecule has 3 heteroatoms. The van der Waals surface area contributed by atoms with Gasteiger partial charge in [-0.2, -0.15) is 0 Å². The molecule has 0 radical (unpaired) electrons. The summed E-state index contributed by atoms with van der Waals surface area (Å²) in [6.45, 7) is 0. The predicted octanol–water partition coefficient (Wildman–Crippen LogP) is -3.25. The molecule has 0 aliphatic heterocycles.